The fourth-order valence-electron chi connectivity index (χ4n) is 2.99. The number of rotatable bonds is 4. The van der Waals surface area contributed by atoms with E-state index in [0.29, 0.717) is 6.61 Å². The Morgan fingerprint density at radius 1 is 1.33 bits per heavy atom. The Kier molecular flexibility index (Phi) is 4.83. The lowest BCUT2D eigenvalue weighted by Gasteiger charge is -2.33. The average Bonchev–Trinajstić information content (AvgIpc) is 2.96. The van der Waals surface area contributed by atoms with Crippen LogP contribution in [0.25, 0.3) is 0 Å². The number of benzene rings is 1. The summed E-state index contributed by atoms with van der Waals surface area (Å²) in [7, 11) is 0. The van der Waals surface area contributed by atoms with E-state index in [0.717, 1.165) is 32.4 Å². The van der Waals surface area contributed by atoms with Crippen molar-refractivity contribution < 1.29 is 14.6 Å². The Bertz CT molecular complexity index is 475. The zero-order valence-corrected chi connectivity index (χ0v) is 12.8. The van der Waals surface area contributed by atoms with Gasteiger partial charge in [0.25, 0.3) is 0 Å². The molecule has 0 aliphatic carbocycles. The standard InChI is InChI=1S/C16H21NO3S/c18-9-10-20-13-5-7-17(8-6-13)16(19)15-11-12-3-1-2-4-14(12)21-15/h1-4,13,15,18H,5-11H2. The highest BCUT2D eigenvalue weighted by Gasteiger charge is 2.33. The molecule has 2 aliphatic heterocycles. The van der Waals surface area contributed by atoms with Crippen molar-refractivity contribution in [1.82, 2.24) is 4.90 Å². The minimum atomic E-state index is 0.0392. The maximum Gasteiger partial charge on any atom is 0.236 e. The van der Waals surface area contributed by atoms with E-state index >= 15 is 0 Å². The smallest absolute Gasteiger partial charge is 0.236 e. The maximum atomic E-state index is 12.6. The van der Waals surface area contributed by atoms with Gasteiger partial charge in [-0.05, 0) is 30.9 Å². The molecule has 1 N–H and O–H groups in total. The van der Waals surface area contributed by atoms with Crippen molar-refractivity contribution in [2.75, 3.05) is 26.3 Å². The Hall–Kier alpha value is -1.04. The summed E-state index contributed by atoms with van der Waals surface area (Å²) in [4.78, 5) is 15.8. The molecule has 0 aromatic heterocycles. The fourth-order valence-corrected chi connectivity index (χ4v) is 4.26. The van der Waals surface area contributed by atoms with Gasteiger partial charge in [0, 0.05) is 18.0 Å². The molecule has 0 spiro atoms. The van der Waals surface area contributed by atoms with Crippen LogP contribution in [0.3, 0.4) is 0 Å². The summed E-state index contributed by atoms with van der Waals surface area (Å²) in [6.07, 6.45) is 2.78. The van der Waals surface area contributed by atoms with Crippen molar-refractivity contribution in [2.24, 2.45) is 0 Å². The molecule has 114 valence electrons. The number of hydrogen-bond donors (Lipinski definition) is 1. The summed E-state index contributed by atoms with van der Waals surface area (Å²) in [6, 6.07) is 8.28. The van der Waals surface area contributed by atoms with E-state index in [2.05, 4.69) is 12.1 Å². The van der Waals surface area contributed by atoms with Crippen LogP contribution < -0.4 is 0 Å². The normalized spacial score (nSPS) is 22.3. The van der Waals surface area contributed by atoms with Gasteiger partial charge in [0.15, 0.2) is 0 Å². The van der Waals surface area contributed by atoms with Gasteiger partial charge in [-0.15, -0.1) is 11.8 Å². The average molecular weight is 307 g/mol. The Labute approximate surface area is 129 Å². The molecule has 21 heavy (non-hydrogen) atoms. The molecule has 1 amide bonds. The first-order valence-corrected chi connectivity index (χ1v) is 8.41. The number of piperidine rings is 1. The van der Waals surface area contributed by atoms with Crippen LogP contribution in [0.5, 0.6) is 0 Å². The van der Waals surface area contributed by atoms with Gasteiger partial charge in [0.1, 0.15) is 0 Å². The van der Waals surface area contributed by atoms with Crippen molar-refractivity contribution in [3.8, 4) is 0 Å². The molecule has 0 radical (unpaired) electrons. The summed E-state index contributed by atoms with van der Waals surface area (Å²) >= 11 is 1.70. The second-order valence-electron chi connectivity index (χ2n) is 5.54. The van der Waals surface area contributed by atoms with E-state index in [1.807, 2.05) is 17.0 Å². The largest absolute Gasteiger partial charge is 0.394 e. The minimum Gasteiger partial charge on any atom is -0.394 e. The second-order valence-corrected chi connectivity index (χ2v) is 6.78. The third-order valence-electron chi connectivity index (χ3n) is 4.12. The Balaban J connectivity index is 1.52. The van der Waals surface area contributed by atoms with Crippen molar-refractivity contribution in [3.05, 3.63) is 29.8 Å². The number of ether oxygens (including phenoxy) is 1. The second kappa shape index (κ2) is 6.81. The van der Waals surface area contributed by atoms with E-state index in [9.17, 15) is 4.79 Å². The van der Waals surface area contributed by atoms with E-state index < -0.39 is 0 Å². The van der Waals surface area contributed by atoms with Crippen molar-refractivity contribution in [2.45, 2.75) is 35.5 Å². The number of aliphatic hydroxyl groups is 1. The van der Waals surface area contributed by atoms with Crippen LogP contribution in [0.4, 0.5) is 0 Å². The van der Waals surface area contributed by atoms with Crippen LogP contribution in [0.15, 0.2) is 29.2 Å². The number of amides is 1. The Morgan fingerprint density at radius 2 is 2.10 bits per heavy atom. The number of carbonyl (C=O) groups excluding carboxylic acids is 1. The molecule has 0 saturated carbocycles. The molecule has 2 aliphatic rings. The lowest BCUT2D eigenvalue weighted by Crippen LogP contribution is -2.44. The number of likely N-dealkylation sites (tertiary alicyclic amines) is 1. The van der Waals surface area contributed by atoms with Crippen molar-refractivity contribution in [1.29, 1.82) is 0 Å². The highest BCUT2D eigenvalue weighted by Crippen LogP contribution is 2.37. The first kappa shape index (κ1) is 14.9. The SMILES string of the molecule is O=C(C1Cc2ccccc2S1)N1CCC(OCCO)CC1. The quantitative estimate of drug-likeness (QED) is 0.920. The van der Waals surface area contributed by atoms with Crippen LogP contribution in [0, 0.1) is 0 Å². The predicted octanol–water partition coefficient (Wildman–Crippen LogP) is 1.70. The van der Waals surface area contributed by atoms with Gasteiger partial charge in [0.2, 0.25) is 5.91 Å². The topological polar surface area (TPSA) is 49.8 Å². The molecule has 0 bridgehead atoms. The number of fused-ring (bicyclic) bond motifs is 1. The zero-order chi connectivity index (χ0) is 14.7. The number of nitrogens with zero attached hydrogens (tertiary/aromatic N) is 1. The summed E-state index contributed by atoms with van der Waals surface area (Å²) < 4.78 is 5.54. The van der Waals surface area contributed by atoms with Gasteiger partial charge in [0.05, 0.1) is 24.6 Å². The van der Waals surface area contributed by atoms with Crippen LogP contribution >= 0.6 is 11.8 Å². The van der Waals surface area contributed by atoms with Gasteiger partial charge in [-0.3, -0.25) is 4.79 Å². The molecule has 1 aromatic carbocycles. The first-order chi connectivity index (χ1) is 10.3. The van der Waals surface area contributed by atoms with Gasteiger partial charge in [-0.2, -0.15) is 0 Å². The van der Waals surface area contributed by atoms with Crippen molar-refractivity contribution >= 4 is 17.7 Å². The van der Waals surface area contributed by atoms with E-state index in [1.54, 1.807) is 11.8 Å². The lowest BCUT2D eigenvalue weighted by atomic mass is 10.1. The van der Waals surface area contributed by atoms with Crippen LogP contribution in [-0.2, 0) is 16.0 Å². The summed E-state index contributed by atoms with van der Waals surface area (Å²) in [5.74, 6) is 0.261. The van der Waals surface area contributed by atoms with Crippen LogP contribution in [-0.4, -0.2) is 53.6 Å². The van der Waals surface area contributed by atoms with Gasteiger partial charge < -0.3 is 14.7 Å². The molecule has 2 heterocycles. The highest BCUT2D eigenvalue weighted by atomic mass is 32.2. The maximum absolute atomic E-state index is 12.6. The summed E-state index contributed by atoms with van der Waals surface area (Å²) in [5.41, 5.74) is 1.29. The third kappa shape index (κ3) is 3.42. The minimum absolute atomic E-state index is 0.0392. The van der Waals surface area contributed by atoms with Gasteiger partial charge in [-0.1, -0.05) is 18.2 Å². The summed E-state index contributed by atoms with van der Waals surface area (Å²) in [6.45, 7) is 1.99. The molecular weight excluding hydrogens is 286 g/mol. The molecule has 1 aromatic rings. The molecule has 5 heteroatoms. The number of aliphatic hydroxyl groups excluding tert-OH is 1. The van der Waals surface area contributed by atoms with Gasteiger partial charge in [-0.25, -0.2) is 0 Å². The number of carbonyl (C=O) groups is 1. The molecule has 1 fully saturated rings. The zero-order valence-electron chi connectivity index (χ0n) is 12.0. The predicted molar refractivity (Wildman–Crippen MR) is 82.4 cm³/mol. The molecule has 3 rings (SSSR count). The highest BCUT2D eigenvalue weighted by molar-refractivity contribution is 8.01. The molecule has 1 saturated heterocycles. The summed E-state index contributed by atoms with van der Waals surface area (Å²) in [5, 5.41) is 8.81. The number of hydrogen-bond acceptors (Lipinski definition) is 4. The molecule has 4 nitrogen and oxygen atoms in total. The van der Waals surface area contributed by atoms with E-state index in [4.69, 9.17) is 9.84 Å². The first-order valence-electron chi connectivity index (χ1n) is 7.53. The third-order valence-corrected chi connectivity index (χ3v) is 5.43. The van der Waals surface area contributed by atoms with E-state index in [1.165, 1.54) is 10.5 Å². The Morgan fingerprint density at radius 3 is 2.81 bits per heavy atom. The number of thioether (sulfide) groups is 1. The molecular formula is C16H21NO3S. The monoisotopic (exact) mass is 307 g/mol. The van der Waals surface area contributed by atoms with Gasteiger partial charge >= 0.3 is 0 Å². The molecule has 1 atom stereocenters. The lowest BCUT2D eigenvalue weighted by molar-refractivity contribution is -0.133. The fraction of sp³-hybridized carbons (Fsp3) is 0.562. The molecule has 1 unspecified atom stereocenters. The van der Waals surface area contributed by atoms with Crippen molar-refractivity contribution in [3.63, 3.8) is 0 Å². The van der Waals surface area contributed by atoms with E-state index in [-0.39, 0.29) is 23.9 Å². The van der Waals surface area contributed by atoms with Crippen LogP contribution in [0.1, 0.15) is 18.4 Å². The van der Waals surface area contributed by atoms with Crippen LogP contribution in [0.2, 0.25) is 0 Å².